The molecule has 0 spiro atoms. The van der Waals surface area contributed by atoms with Gasteiger partial charge in [0.1, 0.15) is 5.69 Å². The van der Waals surface area contributed by atoms with E-state index in [2.05, 4.69) is 34.7 Å². The molecule has 1 aliphatic rings. The molecule has 0 bridgehead atoms. The van der Waals surface area contributed by atoms with E-state index in [0.717, 1.165) is 28.7 Å². The molecular formula is C11H13BrN2O2. The molecule has 5 heteroatoms. The second-order valence-electron chi connectivity index (χ2n) is 4.23. The fourth-order valence-corrected chi connectivity index (χ4v) is 2.66. The van der Waals surface area contributed by atoms with Crippen LogP contribution < -0.4 is 4.90 Å². The Hall–Kier alpha value is -1.10. The minimum absolute atomic E-state index is 0.204. The molecule has 0 fully saturated rings. The van der Waals surface area contributed by atoms with Gasteiger partial charge in [0.05, 0.1) is 4.92 Å². The highest BCUT2D eigenvalue weighted by molar-refractivity contribution is 9.10. The topological polar surface area (TPSA) is 46.4 Å². The van der Waals surface area contributed by atoms with E-state index in [1.807, 2.05) is 6.07 Å². The molecule has 2 rings (SSSR count). The van der Waals surface area contributed by atoms with Crippen molar-refractivity contribution < 1.29 is 4.92 Å². The van der Waals surface area contributed by atoms with E-state index in [4.69, 9.17) is 0 Å². The monoisotopic (exact) mass is 284 g/mol. The Morgan fingerprint density at radius 1 is 1.50 bits per heavy atom. The molecule has 0 amide bonds. The zero-order chi connectivity index (χ0) is 11.9. The van der Waals surface area contributed by atoms with Crippen molar-refractivity contribution in [3.8, 4) is 0 Å². The lowest BCUT2D eigenvalue weighted by atomic mass is 10.1. The third kappa shape index (κ3) is 1.80. The Balaban J connectivity index is 2.59. The van der Waals surface area contributed by atoms with Crippen molar-refractivity contribution in [3.63, 3.8) is 0 Å². The lowest BCUT2D eigenvalue weighted by molar-refractivity contribution is -0.384. The van der Waals surface area contributed by atoms with E-state index in [1.54, 1.807) is 6.07 Å². The lowest BCUT2D eigenvalue weighted by Gasteiger charge is -2.23. The van der Waals surface area contributed by atoms with Gasteiger partial charge in [0.2, 0.25) is 0 Å². The van der Waals surface area contributed by atoms with Crippen LogP contribution in [0.25, 0.3) is 0 Å². The van der Waals surface area contributed by atoms with Crippen molar-refractivity contribution in [1.82, 2.24) is 0 Å². The molecule has 1 heterocycles. The summed E-state index contributed by atoms with van der Waals surface area (Å²) in [6.07, 6.45) is 0.883. The largest absolute Gasteiger partial charge is 0.363 e. The maximum Gasteiger partial charge on any atom is 0.293 e. The zero-order valence-corrected chi connectivity index (χ0v) is 10.8. The number of nitrogens with zero attached hydrogens (tertiary/aromatic N) is 2. The number of hydrogen-bond acceptors (Lipinski definition) is 3. The predicted octanol–water partition coefficient (Wildman–Crippen LogP) is 3.13. The van der Waals surface area contributed by atoms with Gasteiger partial charge in [0.25, 0.3) is 5.69 Å². The molecule has 0 atom stereocenters. The highest BCUT2D eigenvalue weighted by Gasteiger charge is 2.30. The first kappa shape index (κ1) is 11.4. The van der Waals surface area contributed by atoms with Crippen LogP contribution in [0.4, 0.5) is 11.4 Å². The van der Waals surface area contributed by atoms with Gasteiger partial charge in [-0.1, -0.05) is 15.9 Å². The van der Waals surface area contributed by atoms with E-state index in [0.29, 0.717) is 6.04 Å². The third-order valence-electron chi connectivity index (χ3n) is 2.86. The average molecular weight is 285 g/mol. The van der Waals surface area contributed by atoms with Crippen molar-refractivity contribution in [2.75, 3.05) is 11.4 Å². The van der Waals surface area contributed by atoms with Crippen LogP contribution in [0.2, 0.25) is 0 Å². The van der Waals surface area contributed by atoms with Crippen LogP contribution in [0.3, 0.4) is 0 Å². The Bertz CT molecular complexity index is 446. The van der Waals surface area contributed by atoms with Crippen LogP contribution in [-0.4, -0.2) is 17.5 Å². The van der Waals surface area contributed by atoms with Crippen LogP contribution in [-0.2, 0) is 6.42 Å². The van der Waals surface area contributed by atoms with E-state index >= 15 is 0 Å². The van der Waals surface area contributed by atoms with Crippen LogP contribution in [0.5, 0.6) is 0 Å². The molecule has 0 saturated carbocycles. The van der Waals surface area contributed by atoms with Gasteiger partial charge in [-0.2, -0.15) is 0 Å². The number of nitro groups is 1. The number of anilines is 1. The summed E-state index contributed by atoms with van der Waals surface area (Å²) >= 11 is 3.32. The summed E-state index contributed by atoms with van der Waals surface area (Å²) < 4.78 is 0.781. The van der Waals surface area contributed by atoms with Crippen molar-refractivity contribution in [3.05, 3.63) is 32.3 Å². The fourth-order valence-electron chi connectivity index (χ4n) is 2.17. The molecule has 0 aliphatic carbocycles. The summed E-state index contributed by atoms with van der Waals surface area (Å²) in [7, 11) is 0. The standard InChI is InChI=1S/C11H13BrN2O2/c1-7(2)13-4-3-8-5-9(12)6-10(11(8)13)14(15)16/h5-7H,3-4H2,1-2H3. The molecule has 0 N–H and O–H groups in total. The molecule has 0 aromatic heterocycles. The van der Waals surface area contributed by atoms with Crippen molar-refractivity contribution in [2.45, 2.75) is 26.3 Å². The summed E-state index contributed by atoms with van der Waals surface area (Å²) in [4.78, 5) is 12.8. The first-order valence-corrected chi connectivity index (χ1v) is 6.03. The second-order valence-corrected chi connectivity index (χ2v) is 5.14. The van der Waals surface area contributed by atoms with Crippen LogP contribution in [0.1, 0.15) is 19.4 Å². The number of hydrogen-bond donors (Lipinski definition) is 0. The smallest absolute Gasteiger partial charge is 0.293 e. The van der Waals surface area contributed by atoms with E-state index in [9.17, 15) is 10.1 Å². The van der Waals surface area contributed by atoms with Crippen molar-refractivity contribution in [2.24, 2.45) is 0 Å². The highest BCUT2D eigenvalue weighted by atomic mass is 79.9. The summed E-state index contributed by atoms with van der Waals surface area (Å²) in [6.45, 7) is 4.98. The summed E-state index contributed by atoms with van der Waals surface area (Å²) in [6, 6.07) is 3.85. The molecule has 0 unspecified atom stereocenters. The second kappa shape index (κ2) is 4.05. The highest BCUT2D eigenvalue weighted by Crippen LogP contribution is 2.40. The number of fused-ring (bicyclic) bond motifs is 1. The molecule has 1 aromatic carbocycles. The minimum Gasteiger partial charge on any atom is -0.363 e. The molecule has 1 aliphatic heterocycles. The first-order chi connectivity index (χ1) is 7.50. The van der Waals surface area contributed by atoms with Gasteiger partial charge in [-0.15, -0.1) is 0 Å². The Morgan fingerprint density at radius 3 is 2.75 bits per heavy atom. The Kier molecular flexibility index (Phi) is 2.88. The van der Waals surface area contributed by atoms with Crippen LogP contribution in [0, 0.1) is 10.1 Å². The van der Waals surface area contributed by atoms with Crippen molar-refractivity contribution in [1.29, 1.82) is 0 Å². The maximum atomic E-state index is 11.0. The van der Waals surface area contributed by atoms with E-state index < -0.39 is 0 Å². The summed E-state index contributed by atoms with van der Waals surface area (Å²) in [5, 5.41) is 11.0. The molecule has 86 valence electrons. The third-order valence-corrected chi connectivity index (χ3v) is 3.32. The van der Waals surface area contributed by atoms with E-state index in [1.165, 1.54) is 0 Å². The molecule has 1 aromatic rings. The van der Waals surface area contributed by atoms with Gasteiger partial charge in [-0.25, -0.2) is 0 Å². The number of nitro benzene ring substituents is 1. The number of halogens is 1. The van der Waals surface area contributed by atoms with Gasteiger partial charge in [-0.05, 0) is 31.9 Å². The maximum absolute atomic E-state index is 11.0. The van der Waals surface area contributed by atoms with Gasteiger partial charge < -0.3 is 4.90 Å². The van der Waals surface area contributed by atoms with Gasteiger partial charge in [0.15, 0.2) is 0 Å². The Labute approximate surface area is 103 Å². The number of benzene rings is 1. The molecule has 0 saturated heterocycles. The lowest BCUT2D eigenvalue weighted by Crippen LogP contribution is -2.28. The van der Waals surface area contributed by atoms with Crippen LogP contribution in [0.15, 0.2) is 16.6 Å². The van der Waals surface area contributed by atoms with E-state index in [-0.39, 0.29) is 10.6 Å². The molecule has 4 nitrogen and oxygen atoms in total. The average Bonchev–Trinajstić information content (AvgIpc) is 2.59. The summed E-state index contributed by atoms with van der Waals surface area (Å²) in [5.74, 6) is 0. The SMILES string of the molecule is CC(C)N1CCc2cc(Br)cc([N+](=O)[O-])c21. The normalized spacial score (nSPS) is 14.4. The first-order valence-electron chi connectivity index (χ1n) is 5.24. The van der Waals surface area contributed by atoms with Gasteiger partial charge in [0, 0.05) is 23.1 Å². The Morgan fingerprint density at radius 2 is 2.19 bits per heavy atom. The van der Waals surface area contributed by atoms with Gasteiger partial charge >= 0.3 is 0 Å². The fraction of sp³-hybridized carbons (Fsp3) is 0.455. The molecule has 0 radical (unpaired) electrons. The molecular weight excluding hydrogens is 272 g/mol. The quantitative estimate of drug-likeness (QED) is 0.619. The number of rotatable bonds is 2. The zero-order valence-electron chi connectivity index (χ0n) is 9.24. The van der Waals surface area contributed by atoms with Crippen molar-refractivity contribution >= 4 is 27.3 Å². The van der Waals surface area contributed by atoms with Gasteiger partial charge in [-0.3, -0.25) is 10.1 Å². The summed E-state index contributed by atoms with van der Waals surface area (Å²) in [5.41, 5.74) is 2.06. The molecule has 16 heavy (non-hydrogen) atoms. The van der Waals surface area contributed by atoms with Crippen LogP contribution >= 0.6 is 15.9 Å². The predicted molar refractivity (Wildman–Crippen MR) is 67.0 cm³/mol. The minimum atomic E-state index is -0.301.